The number of aryl methyl sites for hydroxylation is 1. The van der Waals surface area contributed by atoms with E-state index < -0.39 is 0 Å². The van der Waals surface area contributed by atoms with Gasteiger partial charge in [0.05, 0.1) is 19.0 Å². The van der Waals surface area contributed by atoms with E-state index in [1.807, 2.05) is 12.1 Å². The van der Waals surface area contributed by atoms with E-state index in [2.05, 4.69) is 15.4 Å². The van der Waals surface area contributed by atoms with Crippen LogP contribution in [-0.4, -0.2) is 21.9 Å². The predicted molar refractivity (Wildman–Crippen MR) is 72.6 cm³/mol. The van der Waals surface area contributed by atoms with Crippen molar-refractivity contribution in [2.75, 3.05) is 12.4 Å². The van der Waals surface area contributed by atoms with Gasteiger partial charge >= 0.3 is 0 Å². The van der Waals surface area contributed by atoms with E-state index in [1.54, 1.807) is 20.4 Å². The molecule has 2 aromatic heterocycles. The molecule has 19 heavy (non-hydrogen) atoms. The molecule has 0 saturated carbocycles. The number of hydrogen-bond acceptors (Lipinski definition) is 5. The van der Waals surface area contributed by atoms with Gasteiger partial charge in [-0.2, -0.15) is 5.10 Å². The summed E-state index contributed by atoms with van der Waals surface area (Å²) in [6, 6.07) is 3.69. The van der Waals surface area contributed by atoms with Crippen molar-refractivity contribution in [2.45, 2.75) is 6.54 Å². The minimum absolute atomic E-state index is 0.111. The first-order valence-electron chi connectivity index (χ1n) is 5.57. The van der Waals surface area contributed by atoms with Crippen molar-refractivity contribution >= 4 is 17.3 Å². The van der Waals surface area contributed by atoms with Crippen molar-refractivity contribution in [1.82, 2.24) is 14.8 Å². The van der Waals surface area contributed by atoms with Gasteiger partial charge in [0.2, 0.25) is 5.88 Å². The third-order valence-electron chi connectivity index (χ3n) is 2.59. The highest BCUT2D eigenvalue weighted by Gasteiger charge is 2.08. The maximum Gasteiger partial charge on any atom is 0.287 e. The zero-order chi connectivity index (χ0) is 13.8. The van der Waals surface area contributed by atoms with Crippen LogP contribution in [0.15, 0.2) is 29.3 Å². The second-order valence-electron chi connectivity index (χ2n) is 3.83. The van der Waals surface area contributed by atoms with E-state index in [0.29, 0.717) is 18.1 Å². The molecule has 0 bridgehead atoms. The van der Waals surface area contributed by atoms with Crippen molar-refractivity contribution in [2.24, 2.45) is 7.05 Å². The fourth-order valence-corrected chi connectivity index (χ4v) is 1.80. The lowest BCUT2D eigenvalue weighted by atomic mass is 10.2. The monoisotopic (exact) mass is 280 g/mol. The Morgan fingerprint density at radius 2 is 2.32 bits per heavy atom. The highest BCUT2D eigenvalue weighted by molar-refractivity contribution is 6.32. The summed E-state index contributed by atoms with van der Waals surface area (Å²) >= 11 is 5.96. The first kappa shape index (κ1) is 13.4. The number of anilines is 1. The van der Waals surface area contributed by atoms with Crippen LogP contribution in [0.2, 0.25) is 5.02 Å². The zero-order valence-corrected chi connectivity index (χ0v) is 11.3. The van der Waals surface area contributed by atoms with Gasteiger partial charge in [-0.3, -0.25) is 4.79 Å². The summed E-state index contributed by atoms with van der Waals surface area (Å²) in [5.41, 5.74) is 1.00. The summed E-state index contributed by atoms with van der Waals surface area (Å²) in [6.07, 6.45) is 3.15. The molecule has 0 spiro atoms. The van der Waals surface area contributed by atoms with Crippen molar-refractivity contribution < 1.29 is 4.74 Å². The molecule has 0 fully saturated rings. The number of aromatic nitrogens is 3. The van der Waals surface area contributed by atoms with E-state index in [0.717, 1.165) is 5.56 Å². The van der Waals surface area contributed by atoms with E-state index in [4.69, 9.17) is 16.3 Å². The summed E-state index contributed by atoms with van der Waals surface area (Å²) in [5.74, 6) is 0.530. The SMILES string of the molecule is COc1ncccc1CNc1cnn(C)c(=O)c1Cl. The molecule has 0 unspecified atom stereocenters. The standard InChI is InChI=1S/C12H13ClN4O2/c1-17-12(18)10(13)9(7-16-17)15-6-8-4-3-5-14-11(8)19-2/h3-5,7,15H,6H2,1-2H3. The van der Waals surface area contributed by atoms with Crippen LogP contribution in [0.4, 0.5) is 5.69 Å². The number of methoxy groups -OCH3 is 1. The number of nitrogens with one attached hydrogen (secondary N) is 1. The maximum absolute atomic E-state index is 11.6. The average molecular weight is 281 g/mol. The molecule has 6 nitrogen and oxygen atoms in total. The topological polar surface area (TPSA) is 69.0 Å². The van der Waals surface area contributed by atoms with Gasteiger partial charge in [0, 0.05) is 25.4 Å². The minimum atomic E-state index is -0.343. The third kappa shape index (κ3) is 2.85. The van der Waals surface area contributed by atoms with Crippen LogP contribution >= 0.6 is 11.6 Å². The van der Waals surface area contributed by atoms with Gasteiger partial charge in [-0.25, -0.2) is 9.67 Å². The Balaban J connectivity index is 2.19. The fourth-order valence-electron chi connectivity index (χ4n) is 1.57. The highest BCUT2D eigenvalue weighted by atomic mass is 35.5. The number of nitrogens with zero attached hydrogens (tertiary/aromatic N) is 3. The first-order valence-corrected chi connectivity index (χ1v) is 5.95. The normalized spacial score (nSPS) is 10.3. The second-order valence-corrected chi connectivity index (χ2v) is 4.20. The van der Waals surface area contributed by atoms with Crippen LogP contribution < -0.4 is 15.6 Å². The van der Waals surface area contributed by atoms with Crippen molar-refractivity contribution in [1.29, 1.82) is 0 Å². The molecule has 0 amide bonds. The smallest absolute Gasteiger partial charge is 0.287 e. The Bertz CT molecular complexity index is 642. The molecule has 0 radical (unpaired) electrons. The molecular weight excluding hydrogens is 268 g/mol. The van der Waals surface area contributed by atoms with Gasteiger partial charge in [0.1, 0.15) is 5.02 Å². The Morgan fingerprint density at radius 3 is 3.05 bits per heavy atom. The van der Waals surface area contributed by atoms with Crippen molar-refractivity contribution in [3.63, 3.8) is 0 Å². The van der Waals surface area contributed by atoms with Gasteiger partial charge in [0.15, 0.2) is 0 Å². The van der Waals surface area contributed by atoms with Gasteiger partial charge in [0.25, 0.3) is 5.56 Å². The quantitative estimate of drug-likeness (QED) is 0.918. The number of ether oxygens (including phenoxy) is 1. The third-order valence-corrected chi connectivity index (χ3v) is 2.96. The second kappa shape index (κ2) is 5.71. The van der Waals surface area contributed by atoms with Crippen LogP contribution in [-0.2, 0) is 13.6 Å². The molecule has 0 aliphatic rings. The number of halogens is 1. The molecule has 1 N–H and O–H groups in total. The van der Waals surface area contributed by atoms with Crippen LogP contribution in [0.3, 0.4) is 0 Å². The Morgan fingerprint density at radius 1 is 1.53 bits per heavy atom. The largest absolute Gasteiger partial charge is 0.481 e. The molecule has 100 valence electrons. The summed E-state index contributed by atoms with van der Waals surface area (Å²) < 4.78 is 6.32. The van der Waals surface area contributed by atoms with Crippen LogP contribution in [0.25, 0.3) is 0 Å². The average Bonchev–Trinajstić information content (AvgIpc) is 2.44. The van der Waals surface area contributed by atoms with Gasteiger partial charge in [-0.15, -0.1) is 0 Å². The Kier molecular flexibility index (Phi) is 4.01. The minimum Gasteiger partial charge on any atom is -0.481 e. The molecule has 2 heterocycles. The van der Waals surface area contributed by atoms with E-state index in [-0.39, 0.29) is 10.6 Å². The molecule has 0 atom stereocenters. The number of hydrogen-bond donors (Lipinski definition) is 1. The lowest BCUT2D eigenvalue weighted by molar-refractivity contribution is 0.393. The van der Waals surface area contributed by atoms with E-state index in [9.17, 15) is 4.79 Å². The van der Waals surface area contributed by atoms with Gasteiger partial charge in [-0.05, 0) is 6.07 Å². The zero-order valence-electron chi connectivity index (χ0n) is 10.6. The molecule has 2 rings (SSSR count). The van der Waals surface area contributed by atoms with Crippen LogP contribution in [0.5, 0.6) is 5.88 Å². The van der Waals surface area contributed by atoms with Crippen molar-refractivity contribution in [3.05, 3.63) is 45.5 Å². The summed E-state index contributed by atoms with van der Waals surface area (Å²) in [5, 5.41) is 7.06. The Hall–Kier alpha value is -2.08. The molecule has 7 heteroatoms. The van der Waals surface area contributed by atoms with E-state index in [1.165, 1.54) is 10.9 Å². The van der Waals surface area contributed by atoms with Gasteiger partial charge < -0.3 is 10.1 Å². The summed E-state index contributed by atoms with van der Waals surface area (Å²) in [6.45, 7) is 0.436. The summed E-state index contributed by atoms with van der Waals surface area (Å²) in [7, 11) is 3.10. The number of pyridine rings is 1. The highest BCUT2D eigenvalue weighted by Crippen LogP contribution is 2.19. The lowest BCUT2D eigenvalue weighted by Crippen LogP contribution is -2.21. The molecule has 0 aliphatic heterocycles. The molecule has 2 aromatic rings. The lowest BCUT2D eigenvalue weighted by Gasteiger charge is -2.10. The van der Waals surface area contributed by atoms with Crippen LogP contribution in [0.1, 0.15) is 5.56 Å². The molecular formula is C12H13ClN4O2. The molecule has 0 aromatic carbocycles. The molecule has 0 saturated heterocycles. The Labute approximate surface area is 115 Å². The van der Waals surface area contributed by atoms with Gasteiger partial charge in [-0.1, -0.05) is 17.7 Å². The summed E-state index contributed by atoms with van der Waals surface area (Å²) in [4.78, 5) is 15.7. The van der Waals surface area contributed by atoms with Crippen molar-refractivity contribution in [3.8, 4) is 5.88 Å². The fraction of sp³-hybridized carbons (Fsp3) is 0.250. The predicted octanol–water partition coefficient (Wildman–Crippen LogP) is 1.45. The number of rotatable bonds is 4. The first-order chi connectivity index (χ1) is 9.13. The molecule has 0 aliphatic carbocycles. The van der Waals surface area contributed by atoms with E-state index >= 15 is 0 Å². The van der Waals surface area contributed by atoms with Crippen LogP contribution in [0, 0.1) is 0 Å². The maximum atomic E-state index is 11.6.